The van der Waals surface area contributed by atoms with E-state index >= 15 is 0 Å². The molecule has 0 aliphatic heterocycles. The van der Waals surface area contributed by atoms with Crippen LogP contribution < -0.4 is 10.0 Å². The zero-order valence-electron chi connectivity index (χ0n) is 20.3. The summed E-state index contributed by atoms with van der Waals surface area (Å²) in [6, 6.07) is 3.85. The third-order valence-electron chi connectivity index (χ3n) is 5.29. The molecule has 214 valence electrons. The van der Waals surface area contributed by atoms with Crippen molar-refractivity contribution in [1.82, 2.24) is 24.3 Å². The molecule has 10 nitrogen and oxygen atoms in total. The number of alkyl halides is 6. The number of benzene rings is 1. The summed E-state index contributed by atoms with van der Waals surface area (Å²) in [5.74, 6) is -1.03. The zero-order valence-corrected chi connectivity index (χ0v) is 21.9. The predicted octanol–water partition coefficient (Wildman–Crippen LogP) is 4.19. The van der Waals surface area contributed by atoms with Crippen LogP contribution in [0.3, 0.4) is 0 Å². The number of hydrogen-bond donors (Lipinski definition) is 3. The molecule has 0 radical (unpaired) electrons. The van der Waals surface area contributed by atoms with Crippen LogP contribution in [0.4, 0.5) is 31.5 Å². The van der Waals surface area contributed by atoms with Gasteiger partial charge in [0.05, 0.1) is 35.8 Å². The predicted molar refractivity (Wildman–Crippen MR) is 130 cm³/mol. The van der Waals surface area contributed by atoms with E-state index in [1.807, 2.05) is 0 Å². The van der Waals surface area contributed by atoms with E-state index in [1.54, 1.807) is 0 Å². The summed E-state index contributed by atoms with van der Waals surface area (Å²) in [6.45, 7) is 2.35. The van der Waals surface area contributed by atoms with Gasteiger partial charge >= 0.3 is 12.4 Å². The van der Waals surface area contributed by atoms with E-state index in [0.717, 1.165) is 24.5 Å². The minimum atomic E-state index is -4.98. The molecule has 1 amide bonds. The number of thiazole rings is 1. The van der Waals surface area contributed by atoms with Crippen LogP contribution in [0.15, 0.2) is 46.9 Å². The summed E-state index contributed by atoms with van der Waals surface area (Å²) in [4.78, 5) is 20.8. The molecule has 0 unspecified atom stereocenters. The number of fused-ring (bicyclic) bond motifs is 1. The first-order chi connectivity index (χ1) is 18.4. The molecule has 0 aliphatic carbocycles. The number of carbonyl (C=O) groups is 1. The summed E-state index contributed by atoms with van der Waals surface area (Å²) in [5.41, 5.74) is -5.01. The van der Waals surface area contributed by atoms with Crippen molar-refractivity contribution in [3.05, 3.63) is 59.5 Å². The van der Waals surface area contributed by atoms with Gasteiger partial charge < -0.3 is 5.11 Å². The number of sulfonamides is 1. The summed E-state index contributed by atoms with van der Waals surface area (Å²) in [5, 5.41) is 15.0. The number of nitrogens with one attached hydrogen (secondary N) is 2. The lowest BCUT2D eigenvalue weighted by Gasteiger charge is -2.22. The molecule has 0 aliphatic rings. The molecule has 3 aromatic heterocycles. The molecule has 0 fully saturated rings. The van der Waals surface area contributed by atoms with E-state index in [0.29, 0.717) is 34.1 Å². The van der Waals surface area contributed by atoms with Gasteiger partial charge in [-0.05, 0) is 32.0 Å². The Kier molecular flexibility index (Phi) is 7.41. The van der Waals surface area contributed by atoms with Crippen molar-refractivity contribution in [2.45, 2.75) is 35.9 Å². The molecule has 3 heterocycles. The maximum absolute atomic E-state index is 13.8. The maximum atomic E-state index is 13.8. The summed E-state index contributed by atoms with van der Waals surface area (Å²) < 4.78 is 108. The molecule has 3 N–H and O–H groups in total. The number of hydrogen-bond acceptors (Lipinski definition) is 8. The molecule has 40 heavy (non-hydrogen) atoms. The third-order valence-corrected chi connectivity index (χ3v) is 8.36. The molecule has 0 bridgehead atoms. The number of aliphatic hydroxyl groups excluding tert-OH is 1. The van der Waals surface area contributed by atoms with Crippen LogP contribution in [0.25, 0.3) is 16.9 Å². The van der Waals surface area contributed by atoms with Gasteiger partial charge in [0.2, 0.25) is 0 Å². The molecule has 4 rings (SSSR count). The van der Waals surface area contributed by atoms with E-state index in [-0.39, 0.29) is 20.6 Å². The Bertz CT molecular complexity index is 1680. The molecular formula is C22H18F6N6O4S2. The third kappa shape index (κ3) is 6.08. The number of aromatic nitrogens is 4. The molecule has 0 spiro atoms. The number of nitrogens with zero attached hydrogens (tertiary/aromatic N) is 4. The van der Waals surface area contributed by atoms with Gasteiger partial charge in [-0.15, -0.1) is 0 Å². The second-order valence-corrected chi connectivity index (χ2v) is 11.9. The lowest BCUT2D eigenvalue weighted by molar-refractivity contribution is -0.142. The first-order valence-electron chi connectivity index (χ1n) is 11.0. The van der Waals surface area contributed by atoms with Crippen LogP contribution in [0, 0.1) is 0 Å². The normalized spacial score (nSPS) is 13.1. The molecule has 18 heteroatoms. The van der Waals surface area contributed by atoms with Crippen LogP contribution in [0.5, 0.6) is 0 Å². The summed E-state index contributed by atoms with van der Waals surface area (Å²) in [6.07, 6.45) is -7.89. The van der Waals surface area contributed by atoms with Crippen LogP contribution in [-0.2, 0) is 22.4 Å². The standard InChI is InChI=1S/C22H18F6N6O4S2/c1-20(2,10-35)33-40(37,38)16-9-29-19(39-16)32-18(36)13-8-30-34-15(22(26,27)28)7-14(31-17(13)34)11-3-5-12(6-4-11)21(23,24)25/h3-9,33,35H,10H2,1-2H3,(H,29,32,36). The Morgan fingerprint density at radius 1 is 1.05 bits per heavy atom. The van der Waals surface area contributed by atoms with Gasteiger partial charge in [-0.25, -0.2) is 27.6 Å². The quantitative estimate of drug-likeness (QED) is 0.268. The minimum absolute atomic E-state index is 0.0818. The van der Waals surface area contributed by atoms with Crippen molar-refractivity contribution in [3.63, 3.8) is 0 Å². The van der Waals surface area contributed by atoms with Gasteiger partial charge in [0.1, 0.15) is 5.56 Å². The van der Waals surface area contributed by atoms with E-state index in [2.05, 4.69) is 25.1 Å². The van der Waals surface area contributed by atoms with Crippen LogP contribution in [0.1, 0.15) is 35.5 Å². The van der Waals surface area contributed by atoms with Gasteiger partial charge in [-0.1, -0.05) is 23.5 Å². The maximum Gasteiger partial charge on any atom is 0.433 e. The largest absolute Gasteiger partial charge is 0.433 e. The highest BCUT2D eigenvalue weighted by Crippen LogP contribution is 2.35. The second-order valence-electron chi connectivity index (χ2n) is 8.98. The van der Waals surface area contributed by atoms with Crippen molar-refractivity contribution < 1.29 is 44.7 Å². The van der Waals surface area contributed by atoms with Crippen LogP contribution >= 0.6 is 11.3 Å². The fraction of sp³-hybridized carbons (Fsp3) is 0.273. The smallest absolute Gasteiger partial charge is 0.394 e. The fourth-order valence-electron chi connectivity index (χ4n) is 3.35. The molecule has 4 aromatic rings. The van der Waals surface area contributed by atoms with Crippen LogP contribution in [-0.4, -0.2) is 51.2 Å². The number of carbonyl (C=O) groups excluding carboxylic acids is 1. The molecular weight excluding hydrogens is 590 g/mol. The van der Waals surface area contributed by atoms with E-state index in [1.165, 1.54) is 13.8 Å². The van der Waals surface area contributed by atoms with Gasteiger partial charge in [0.15, 0.2) is 20.7 Å². The van der Waals surface area contributed by atoms with Crippen molar-refractivity contribution in [1.29, 1.82) is 0 Å². The van der Waals surface area contributed by atoms with E-state index < -0.39 is 62.9 Å². The topological polar surface area (TPSA) is 139 Å². The van der Waals surface area contributed by atoms with Gasteiger partial charge in [0.25, 0.3) is 15.9 Å². The van der Waals surface area contributed by atoms with Crippen molar-refractivity contribution in [2.24, 2.45) is 0 Å². The van der Waals surface area contributed by atoms with Gasteiger partial charge in [-0.3, -0.25) is 10.1 Å². The highest BCUT2D eigenvalue weighted by atomic mass is 32.2. The molecule has 0 saturated carbocycles. The van der Waals surface area contributed by atoms with Crippen molar-refractivity contribution in [2.75, 3.05) is 11.9 Å². The highest BCUT2D eigenvalue weighted by molar-refractivity contribution is 7.91. The van der Waals surface area contributed by atoms with Crippen LogP contribution in [0.2, 0.25) is 0 Å². The minimum Gasteiger partial charge on any atom is -0.394 e. The van der Waals surface area contributed by atoms with E-state index in [4.69, 9.17) is 0 Å². The summed E-state index contributed by atoms with van der Waals surface area (Å²) >= 11 is 0.538. The second kappa shape index (κ2) is 10.1. The fourth-order valence-corrected chi connectivity index (χ4v) is 5.78. The first-order valence-corrected chi connectivity index (χ1v) is 13.3. The number of anilines is 1. The average molecular weight is 609 g/mol. The molecule has 0 saturated heterocycles. The lowest BCUT2D eigenvalue weighted by Crippen LogP contribution is -2.45. The monoisotopic (exact) mass is 608 g/mol. The Labute approximate surface area is 225 Å². The Balaban J connectivity index is 1.70. The SMILES string of the molecule is CC(C)(CO)NS(=O)(=O)c1cnc(NC(=O)c2cnn3c(C(F)(F)F)cc(-c4ccc(C(F)(F)F)cc4)nc23)s1. The number of halogens is 6. The molecule has 0 atom stereocenters. The molecule has 1 aromatic carbocycles. The number of rotatable bonds is 7. The van der Waals surface area contributed by atoms with Gasteiger partial charge in [-0.2, -0.15) is 31.4 Å². The average Bonchev–Trinajstić information content (AvgIpc) is 3.49. The van der Waals surface area contributed by atoms with Gasteiger partial charge in [0, 0.05) is 5.56 Å². The van der Waals surface area contributed by atoms with Crippen molar-refractivity contribution >= 4 is 38.0 Å². The first kappa shape index (κ1) is 29.4. The number of aliphatic hydroxyl groups is 1. The Morgan fingerprint density at radius 2 is 1.70 bits per heavy atom. The highest BCUT2D eigenvalue weighted by Gasteiger charge is 2.36. The summed E-state index contributed by atoms with van der Waals surface area (Å²) in [7, 11) is -4.13. The van der Waals surface area contributed by atoms with E-state index in [9.17, 15) is 44.7 Å². The lowest BCUT2D eigenvalue weighted by atomic mass is 10.1. The zero-order chi connectivity index (χ0) is 29.7. The Hall–Kier alpha value is -3.61. The Morgan fingerprint density at radius 3 is 2.27 bits per heavy atom. The van der Waals surface area contributed by atoms with Crippen molar-refractivity contribution in [3.8, 4) is 11.3 Å². The number of amides is 1.